The van der Waals surface area contributed by atoms with E-state index in [1.54, 1.807) is 7.11 Å². The van der Waals surface area contributed by atoms with E-state index >= 15 is 0 Å². The molecule has 0 aliphatic carbocycles. The lowest BCUT2D eigenvalue weighted by molar-refractivity contribution is -0.124. The van der Waals surface area contributed by atoms with Gasteiger partial charge in [-0.25, -0.2) is 9.67 Å². The highest BCUT2D eigenvalue weighted by Gasteiger charge is 2.25. The maximum Gasteiger partial charge on any atom is 0.254 e. The Morgan fingerprint density at radius 3 is 2.96 bits per heavy atom. The fraction of sp³-hybridized carbons (Fsp3) is 0.450. The maximum absolute atomic E-state index is 12.5. The van der Waals surface area contributed by atoms with E-state index in [0.717, 1.165) is 47.1 Å². The summed E-state index contributed by atoms with van der Waals surface area (Å²) in [6.45, 7) is 5.61. The van der Waals surface area contributed by atoms with Gasteiger partial charge in [0.2, 0.25) is 0 Å². The molecule has 1 amide bonds. The van der Waals surface area contributed by atoms with Gasteiger partial charge < -0.3 is 14.8 Å². The third kappa shape index (κ3) is 3.47. The summed E-state index contributed by atoms with van der Waals surface area (Å²) in [5.41, 5.74) is 1.63. The molecule has 4 rings (SSSR count). The summed E-state index contributed by atoms with van der Waals surface area (Å²) in [4.78, 5) is 17.3. The quantitative estimate of drug-likeness (QED) is 0.747. The molecule has 0 unspecified atom stereocenters. The summed E-state index contributed by atoms with van der Waals surface area (Å²) in [6.07, 6.45) is 1.25. The number of benzene rings is 1. The van der Waals surface area contributed by atoms with Gasteiger partial charge in [0.15, 0.2) is 11.5 Å². The van der Waals surface area contributed by atoms with Crippen LogP contribution in [0.1, 0.15) is 26.7 Å². The van der Waals surface area contributed by atoms with Gasteiger partial charge in [0.05, 0.1) is 18.0 Å². The number of amides is 1. The molecule has 27 heavy (non-hydrogen) atoms. The first-order valence-corrected chi connectivity index (χ1v) is 9.33. The Morgan fingerprint density at radius 1 is 1.41 bits per heavy atom. The number of carbonyl (C=O) groups is 1. The van der Waals surface area contributed by atoms with E-state index in [1.807, 2.05) is 28.9 Å². The van der Waals surface area contributed by atoms with Crippen LogP contribution in [0.2, 0.25) is 0 Å². The van der Waals surface area contributed by atoms with Crippen LogP contribution in [0.25, 0.3) is 21.9 Å². The number of hydrogen-bond acceptors (Lipinski definition) is 5. The normalized spacial score (nSPS) is 17.1. The molecule has 1 aliphatic heterocycles. The Bertz CT molecular complexity index is 990. The molecule has 1 aromatic carbocycles. The molecule has 3 heterocycles. The Kier molecular flexibility index (Phi) is 4.70. The average Bonchev–Trinajstić information content (AvgIpc) is 3.29. The van der Waals surface area contributed by atoms with Gasteiger partial charge in [-0.3, -0.25) is 4.79 Å². The van der Waals surface area contributed by atoms with Crippen LogP contribution in [0.3, 0.4) is 0 Å². The molecular weight excluding hydrogens is 344 g/mol. The summed E-state index contributed by atoms with van der Waals surface area (Å²) in [7, 11) is 1.64. The zero-order chi connectivity index (χ0) is 19.0. The van der Waals surface area contributed by atoms with Crippen LogP contribution in [0.15, 0.2) is 24.3 Å². The van der Waals surface area contributed by atoms with E-state index in [9.17, 15) is 4.79 Å². The van der Waals surface area contributed by atoms with Gasteiger partial charge in [0.1, 0.15) is 11.9 Å². The van der Waals surface area contributed by atoms with Crippen LogP contribution in [0.4, 0.5) is 5.82 Å². The Balaban J connectivity index is 1.80. The summed E-state index contributed by atoms with van der Waals surface area (Å²) in [5, 5.41) is 9.35. The molecule has 0 radical (unpaired) electrons. The number of anilines is 1. The van der Waals surface area contributed by atoms with Crippen molar-refractivity contribution in [1.29, 1.82) is 0 Å². The van der Waals surface area contributed by atoms with Crippen molar-refractivity contribution in [2.75, 3.05) is 19.0 Å². The molecule has 7 nitrogen and oxygen atoms in total. The molecule has 142 valence electrons. The Morgan fingerprint density at radius 2 is 2.26 bits per heavy atom. The molecular formula is C20H24N4O3. The van der Waals surface area contributed by atoms with Gasteiger partial charge in [-0.05, 0) is 43.0 Å². The molecule has 1 N–H and O–H groups in total. The Labute approximate surface area is 157 Å². The predicted molar refractivity (Wildman–Crippen MR) is 104 cm³/mol. The van der Waals surface area contributed by atoms with Crippen LogP contribution in [-0.2, 0) is 16.1 Å². The molecule has 1 atom stereocenters. The largest absolute Gasteiger partial charge is 0.497 e. The highest BCUT2D eigenvalue weighted by molar-refractivity contribution is 6.04. The number of hydrogen-bond donors (Lipinski definition) is 1. The van der Waals surface area contributed by atoms with Crippen molar-refractivity contribution in [2.24, 2.45) is 5.92 Å². The van der Waals surface area contributed by atoms with E-state index in [1.165, 1.54) is 0 Å². The van der Waals surface area contributed by atoms with Crippen molar-refractivity contribution >= 4 is 33.7 Å². The minimum Gasteiger partial charge on any atom is -0.497 e. The summed E-state index contributed by atoms with van der Waals surface area (Å²) in [6, 6.07) is 7.78. The standard InChI is InChI=1S/C20H24N4O3/c1-12(2)11-24-19-15(10-13-9-14(26-3)6-7-16(13)21-19)18(23-24)22-20(25)17-5-4-8-27-17/h6-7,9-10,12,17H,4-5,8,11H2,1-3H3,(H,22,23,25)/t17-/m1/s1. The lowest BCUT2D eigenvalue weighted by Gasteiger charge is -2.08. The van der Waals surface area contributed by atoms with Crippen molar-refractivity contribution in [2.45, 2.75) is 39.3 Å². The molecule has 3 aromatic rings. The fourth-order valence-electron chi connectivity index (χ4n) is 3.41. The number of methoxy groups -OCH3 is 1. The van der Waals surface area contributed by atoms with Crippen molar-refractivity contribution in [3.05, 3.63) is 24.3 Å². The third-order valence-corrected chi connectivity index (χ3v) is 4.72. The predicted octanol–water partition coefficient (Wildman–Crippen LogP) is 3.37. The summed E-state index contributed by atoms with van der Waals surface area (Å²) in [5.74, 6) is 1.56. The van der Waals surface area contributed by atoms with Gasteiger partial charge in [-0.1, -0.05) is 13.8 Å². The van der Waals surface area contributed by atoms with Crippen LogP contribution >= 0.6 is 0 Å². The van der Waals surface area contributed by atoms with Gasteiger partial charge in [-0.2, -0.15) is 5.10 Å². The monoisotopic (exact) mass is 368 g/mol. The highest BCUT2D eigenvalue weighted by atomic mass is 16.5. The number of rotatable bonds is 5. The first-order valence-electron chi connectivity index (χ1n) is 9.33. The van der Waals surface area contributed by atoms with Crippen LogP contribution in [-0.4, -0.2) is 40.5 Å². The van der Waals surface area contributed by atoms with Gasteiger partial charge in [0, 0.05) is 18.5 Å². The zero-order valence-electron chi connectivity index (χ0n) is 15.9. The molecule has 0 saturated carbocycles. The van der Waals surface area contributed by atoms with E-state index in [-0.39, 0.29) is 5.91 Å². The van der Waals surface area contributed by atoms with Crippen molar-refractivity contribution in [3.63, 3.8) is 0 Å². The highest BCUT2D eigenvalue weighted by Crippen LogP contribution is 2.29. The molecule has 2 aromatic heterocycles. The summed E-state index contributed by atoms with van der Waals surface area (Å²) >= 11 is 0. The number of ether oxygens (including phenoxy) is 2. The lowest BCUT2D eigenvalue weighted by Crippen LogP contribution is -2.27. The number of nitrogens with zero attached hydrogens (tertiary/aromatic N) is 3. The van der Waals surface area contributed by atoms with Crippen LogP contribution < -0.4 is 10.1 Å². The van der Waals surface area contributed by atoms with Gasteiger partial charge in [0.25, 0.3) is 5.91 Å². The second-order valence-corrected chi connectivity index (χ2v) is 7.33. The second kappa shape index (κ2) is 7.15. The number of pyridine rings is 1. The van der Waals surface area contributed by atoms with Crippen molar-refractivity contribution < 1.29 is 14.3 Å². The minimum atomic E-state index is -0.399. The molecule has 7 heteroatoms. The lowest BCUT2D eigenvalue weighted by atomic mass is 10.1. The van der Waals surface area contributed by atoms with Crippen molar-refractivity contribution in [3.8, 4) is 5.75 Å². The minimum absolute atomic E-state index is 0.144. The third-order valence-electron chi connectivity index (χ3n) is 4.72. The SMILES string of the molecule is COc1ccc2nc3c(cc2c1)c(NC(=O)[C@H]1CCCO1)nn3CC(C)C. The molecule has 0 bridgehead atoms. The topological polar surface area (TPSA) is 78.3 Å². The number of nitrogens with one attached hydrogen (secondary N) is 1. The van der Waals surface area contributed by atoms with E-state index in [4.69, 9.17) is 14.5 Å². The zero-order valence-corrected chi connectivity index (χ0v) is 15.9. The van der Waals surface area contributed by atoms with Crippen molar-refractivity contribution in [1.82, 2.24) is 14.8 Å². The average molecular weight is 368 g/mol. The van der Waals surface area contributed by atoms with E-state index in [2.05, 4.69) is 24.3 Å². The maximum atomic E-state index is 12.5. The van der Waals surface area contributed by atoms with Crippen LogP contribution in [0.5, 0.6) is 5.75 Å². The molecule has 1 aliphatic rings. The van der Waals surface area contributed by atoms with Gasteiger partial charge in [-0.15, -0.1) is 0 Å². The number of aromatic nitrogens is 3. The van der Waals surface area contributed by atoms with E-state index in [0.29, 0.717) is 18.3 Å². The molecule has 1 fully saturated rings. The van der Waals surface area contributed by atoms with Gasteiger partial charge >= 0.3 is 0 Å². The first-order chi connectivity index (χ1) is 13.0. The second-order valence-electron chi connectivity index (χ2n) is 7.33. The molecule has 0 spiro atoms. The number of carbonyl (C=O) groups excluding carboxylic acids is 1. The van der Waals surface area contributed by atoms with Crippen LogP contribution in [0, 0.1) is 5.92 Å². The van der Waals surface area contributed by atoms with E-state index < -0.39 is 6.10 Å². The first kappa shape index (κ1) is 17.7. The molecule has 1 saturated heterocycles. The summed E-state index contributed by atoms with van der Waals surface area (Å²) < 4.78 is 12.7. The smallest absolute Gasteiger partial charge is 0.254 e. The fourth-order valence-corrected chi connectivity index (χ4v) is 3.41. The number of fused-ring (bicyclic) bond motifs is 2. The Hall–Kier alpha value is -2.67.